The van der Waals surface area contributed by atoms with Gasteiger partial charge in [0.1, 0.15) is 5.58 Å². The summed E-state index contributed by atoms with van der Waals surface area (Å²) in [4.78, 5) is 23.0. The van der Waals surface area contributed by atoms with Crippen LogP contribution in [0.4, 0.5) is 5.69 Å². The van der Waals surface area contributed by atoms with E-state index >= 15 is 0 Å². The lowest BCUT2D eigenvalue weighted by atomic mass is 10.2. The monoisotopic (exact) mass is 387 g/mol. The second-order valence-corrected chi connectivity index (χ2v) is 7.46. The van der Waals surface area contributed by atoms with Crippen molar-refractivity contribution in [2.75, 3.05) is 11.3 Å². The molecule has 0 radical (unpaired) electrons. The van der Waals surface area contributed by atoms with Gasteiger partial charge in [0.15, 0.2) is 0 Å². The predicted octanol–water partition coefficient (Wildman–Crippen LogP) is 3.16. The number of anilines is 1. The van der Waals surface area contributed by atoms with E-state index in [-0.39, 0.29) is 4.90 Å². The van der Waals surface area contributed by atoms with Gasteiger partial charge in [-0.15, -0.1) is 0 Å². The highest BCUT2D eigenvalue weighted by Crippen LogP contribution is 2.21. The molecule has 7 nitrogen and oxygen atoms in total. The Labute approximate surface area is 155 Å². The fraction of sp³-hybridized carbons (Fsp3) is 0.158. The van der Waals surface area contributed by atoms with Crippen LogP contribution in [-0.4, -0.2) is 21.0 Å². The van der Waals surface area contributed by atoms with Crippen molar-refractivity contribution in [2.24, 2.45) is 0 Å². The van der Waals surface area contributed by atoms with Crippen LogP contribution in [0.25, 0.3) is 11.0 Å². The van der Waals surface area contributed by atoms with E-state index in [1.165, 1.54) is 54.6 Å². The third kappa shape index (κ3) is 4.35. The van der Waals surface area contributed by atoms with Crippen molar-refractivity contribution in [3.05, 3.63) is 70.6 Å². The first-order valence-corrected chi connectivity index (χ1v) is 9.71. The lowest BCUT2D eigenvalue weighted by molar-refractivity contribution is 0.0505. The van der Waals surface area contributed by atoms with Gasteiger partial charge < -0.3 is 9.15 Å². The summed E-state index contributed by atoms with van der Waals surface area (Å²) in [7, 11) is -3.85. The highest BCUT2D eigenvalue weighted by molar-refractivity contribution is 7.92. The van der Waals surface area contributed by atoms with Crippen LogP contribution >= 0.6 is 0 Å². The summed E-state index contributed by atoms with van der Waals surface area (Å²) in [5.41, 5.74) is 0.444. The molecule has 27 heavy (non-hydrogen) atoms. The van der Waals surface area contributed by atoms with Crippen LogP contribution in [0, 0.1) is 0 Å². The molecule has 0 fully saturated rings. The molecule has 0 aliphatic heterocycles. The number of esters is 1. The van der Waals surface area contributed by atoms with Crippen molar-refractivity contribution in [1.29, 1.82) is 0 Å². The minimum Gasteiger partial charge on any atom is -0.462 e. The fourth-order valence-corrected chi connectivity index (χ4v) is 3.48. The average molecular weight is 387 g/mol. The van der Waals surface area contributed by atoms with Gasteiger partial charge in [-0.25, -0.2) is 18.0 Å². The van der Waals surface area contributed by atoms with Crippen molar-refractivity contribution < 1.29 is 22.4 Å². The number of sulfonamides is 1. The van der Waals surface area contributed by atoms with Crippen molar-refractivity contribution in [3.8, 4) is 0 Å². The third-order valence-corrected chi connectivity index (χ3v) is 5.09. The molecule has 3 aromatic rings. The number of benzene rings is 2. The van der Waals surface area contributed by atoms with Crippen molar-refractivity contribution >= 4 is 32.6 Å². The summed E-state index contributed by atoms with van der Waals surface area (Å²) in [6.45, 7) is 2.22. The van der Waals surface area contributed by atoms with Crippen LogP contribution in [0.15, 0.2) is 68.7 Å². The van der Waals surface area contributed by atoms with E-state index in [1.54, 1.807) is 0 Å². The predicted molar refractivity (Wildman–Crippen MR) is 100 cm³/mol. The van der Waals surface area contributed by atoms with E-state index in [0.717, 1.165) is 6.42 Å². The molecule has 0 unspecified atom stereocenters. The molecular formula is C19H17NO6S. The zero-order valence-electron chi connectivity index (χ0n) is 14.5. The Kier molecular flexibility index (Phi) is 5.27. The Bertz CT molecular complexity index is 1130. The first-order chi connectivity index (χ1) is 12.9. The van der Waals surface area contributed by atoms with Gasteiger partial charge in [-0.3, -0.25) is 4.72 Å². The van der Waals surface area contributed by atoms with E-state index in [0.29, 0.717) is 28.8 Å². The smallest absolute Gasteiger partial charge is 0.338 e. The highest BCUT2D eigenvalue weighted by Gasteiger charge is 2.16. The van der Waals surface area contributed by atoms with Crippen LogP contribution < -0.4 is 10.3 Å². The Hall–Kier alpha value is -3.13. The van der Waals surface area contributed by atoms with E-state index in [1.807, 2.05) is 6.92 Å². The molecule has 1 heterocycles. The summed E-state index contributed by atoms with van der Waals surface area (Å²) in [5.74, 6) is -0.456. The average Bonchev–Trinajstić information content (AvgIpc) is 2.66. The van der Waals surface area contributed by atoms with Gasteiger partial charge >= 0.3 is 11.6 Å². The van der Waals surface area contributed by atoms with Crippen molar-refractivity contribution in [3.63, 3.8) is 0 Å². The van der Waals surface area contributed by atoms with Gasteiger partial charge in [-0.2, -0.15) is 0 Å². The molecule has 1 N–H and O–H groups in total. The molecular weight excluding hydrogens is 370 g/mol. The molecule has 140 valence electrons. The molecule has 0 amide bonds. The molecule has 0 saturated heterocycles. The zero-order valence-corrected chi connectivity index (χ0v) is 15.3. The number of ether oxygens (including phenoxy) is 1. The zero-order chi connectivity index (χ0) is 19.4. The summed E-state index contributed by atoms with van der Waals surface area (Å²) in [5, 5.41) is 0.492. The number of fused-ring (bicyclic) bond motifs is 1. The lowest BCUT2D eigenvalue weighted by Gasteiger charge is -2.09. The first kappa shape index (κ1) is 18.7. The maximum absolute atomic E-state index is 12.6. The molecule has 0 aliphatic rings. The Morgan fingerprint density at radius 2 is 1.81 bits per heavy atom. The van der Waals surface area contributed by atoms with Crippen molar-refractivity contribution in [1.82, 2.24) is 0 Å². The summed E-state index contributed by atoms with van der Waals surface area (Å²) >= 11 is 0. The van der Waals surface area contributed by atoms with Gasteiger partial charge in [0.25, 0.3) is 10.0 Å². The normalized spacial score (nSPS) is 11.3. The molecule has 1 aromatic heterocycles. The number of carbonyl (C=O) groups excluding carboxylic acids is 1. The molecule has 2 aromatic carbocycles. The molecule has 8 heteroatoms. The number of hydrogen-bond acceptors (Lipinski definition) is 6. The molecule has 0 spiro atoms. The largest absolute Gasteiger partial charge is 0.462 e. The minimum absolute atomic E-state index is 0.0234. The van der Waals surface area contributed by atoms with Crippen LogP contribution in [-0.2, 0) is 14.8 Å². The van der Waals surface area contributed by atoms with E-state index in [2.05, 4.69) is 4.72 Å². The number of nitrogens with one attached hydrogen (secondary N) is 1. The molecule has 0 aliphatic carbocycles. The highest BCUT2D eigenvalue weighted by atomic mass is 32.2. The van der Waals surface area contributed by atoms with E-state index in [4.69, 9.17) is 9.15 Å². The van der Waals surface area contributed by atoms with Crippen LogP contribution in [0.2, 0.25) is 0 Å². The van der Waals surface area contributed by atoms with Crippen LogP contribution in [0.3, 0.4) is 0 Å². The maximum Gasteiger partial charge on any atom is 0.338 e. The summed E-state index contributed by atoms with van der Waals surface area (Å²) < 4.78 is 37.6. The van der Waals surface area contributed by atoms with Crippen LogP contribution in [0.1, 0.15) is 23.7 Å². The Morgan fingerprint density at radius 1 is 1.07 bits per heavy atom. The van der Waals surface area contributed by atoms with Gasteiger partial charge in [-0.1, -0.05) is 6.92 Å². The van der Waals surface area contributed by atoms with E-state index in [9.17, 15) is 18.0 Å². The minimum atomic E-state index is -3.85. The SMILES string of the molecule is CCCOC(=O)c1ccc(NS(=O)(=O)c2ccc3oc(=O)ccc3c2)cc1. The molecule has 0 saturated carbocycles. The maximum atomic E-state index is 12.6. The van der Waals surface area contributed by atoms with Gasteiger partial charge in [0.05, 0.1) is 17.1 Å². The van der Waals surface area contributed by atoms with Gasteiger partial charge in [-0.05, 0) is 55.0 Å². The number of rotatable bonds is 6. The third-order valence-electron chi connectivity index (χ3n) is 3.71. The second-order valence-electron chi connectivity index (χ2n) is 5.77. The Morgan fingerprint density at radius 3 is 2.52 bits per heavy atom. The van der Waals surface area contributed by atoms with Gasteiger partial charge in [0.2, 0.25) is 0 Å². The molecule has 3 rings (SSSR count). The van der Waals surface area contributed by atoms with Crippen molar-refractivity contribution in [2.45, 2.75) is 18.2 Å². The molecule has 0 atom stereocenters. The lowest BCUT2D eigenvalue weighted by Crippen LogP contribution is -2.13. The fourth-order valence-electron chi connectivity index (χ4n) is 2.38. The second kappa shape index (κ2) is 7.63. The number of hydrogen-bond donors (Lipinski definition) is 1. The first-order valence-electron chi connectivity index (χ1n) is 8.23. The Balaban J connectivity index is 1.81. The quantitative estimate of drug-likeness (QED) is 0.515. The van der Waals surface area contributed by atoms with Gasteiger partial charge in [0, 0.05) is 17.1 Å². The molecule has 0 bridgehead atoms. The summed E-state index contributed by atoms with van der Waals surface area (Å²) in [6, 6.07) is 12.9. The standard InChI is InChI=1S/C19H17NO6S/c1-2-11-25-19(22)13-3-6-15(7-4-13)20-27(23,24)16-8-9-17-14(12-16)5-10-18(21)26-17/h3-10,12,20H,2,11H2,1H3. The van der Waals surface area contributed by atoms with E-state index < -0.39 is 21.6 Å². The topological polar surface area (TPSA) is 103 Å². The number of carbonyl (C=O) groups is 1. The van der Waals surface area contributed by atoms with Crippen LogP contribution in [0.5, 0.6) is 0 Å². The summed E-state index contributed by atoms with van der Waals surface area (Å²) in [6.07, 6.45) is 0.721.